The smallest absolute Gasteiger partial charge is 0.345 e. The molecular formula is C26H16N2O4S. The number of benzene rings is 3. The lowest BCUT2D eigenvalue weighted by Crippen LogP contribution is -2.03. The van der Waals surface area contributed by atoms with Crippen LogP contribution in [0.2, 0.25) is 0 Å². The van der Waals surface area contributed by atoms with E-state index in [1.807, 2.05) is 30.3 Å². The molecule has 0 atom stereocenters. The van der Waals surface area contributed by atoms with Crippen molar-refractivity contribution >= 4 is 44.7 Å². The third kappa shape index (κ3) is 3.73. The second-order valence-electron chi connectivity index (χ2n) is 7.29. The van der Waals surface area contributed by atoms with Gasteiger partial charge in [0.15, 0.2) is 11.5 Å². The summed E-state index contributed by atoms with van der Waals surface area (Å²) in [5.74, 6) is 0.321. The van der Waals surface area contributed by atoms with Crippen molar-refractivity contribution in [3.8, 4) is 28.8 Å². The van der Waals surface area contributed by atoms with Crippen LogP contribution < -0.4 is 10.4 Å². The van der Waals surface area contributed by atoms with Gasteiger partial charge in [0.25, 0.3) is 0 Å². The van der Waals surface area contributed by atoms with E-state index in [1.54, 1.807) is 35.7 Å². The molecular weight excluding hydrogens is 436 g/mol. The van der Waals surface area contributed by atoms with Gasteiger partial charge in [0.05, 0.1) is 23.9 Å². The number of methoxy groups -OCH3 is 1. The van der Waals surface area contributed by atoms with Gasteiger partial charge in [-0.2, -0.15) is 5.26 Å². The average Bonchev–Trinajstić information content (AvgIpc) is 3.32. The highest BCUT2D eigenvalue weighted by atomic mass is 32.1. The fourth-order valence-electron chi connectivity index (χ4n) is 3.68. The van der Waals surface area contributed by atoms with Gasteiger partial charge in [0.1, 0.15) is 16.7 Å². The van der Waals surface area contributed by atoms with Crippen LogP contribution in [0.4, 0.5) is 0 Å². The molecule has 33 heavy (non-hydrogen) atoms. The fraction of sp³-hybridized carbons (Fsp3) is 0.0385. The Morgan fingerprint density at radius 3 is 2.79 bits per heavy atom. The van der Waals surface area contributed by atoms with E-state index in [9.17, 15) is 15.2 Å². The monoisotopic (exact) mass is 452 g/mol. The van der Waals surface area contributed by atoms with Gasteiger partial charge in [0.2, 0.25) is 0 Å². The zero-order valence-corrected chi connectivity index (χ0v) is 18.2. The molecule has 160 valence electrons. The van der Waals surface area contributed by atoms with Gasteiger partial charge in [-0.25, -0.2) is 9.78 Å². The number of phenols is 1. The number of aromatic nitrogens is 1. The van der Waals surface area contributed by atoms with Crippen LogP contribution >= 0.6 is 11.3 Å². The van der Waals surface area contributed by atoms with E-state index in [-0.39, 0.29) is 5.75 Å². The van der Waals surface area contributed by atoms with Crippen molar-refractivity contribution in [3.63, 3.8) is 0 Å². The first-order valence-corrected chi connectivity index (χ1v) is 10.9. The second-order valence-corrected chi connectivity index (χ2v) is 8.14. The van der Waals surface area contributed by atoms with Crippen LogP contribution in [0.25, 0.3) is 44.6 Å². The number of rotatable bonds is 4. The molecule has 5 aromatic rings. The molecule has 0 aliphatic carbocycles. The average molecular weight is 452 g/mol. The number of aromatic hydroxyl groups is 1. The Morgan fingerprint density at radius 2 is 2.00 bits per heavy atom. The lowest BCUT2D eigenvalue weighted by molar-refractivity contribution is 0.373. The first-order chi connectivity index (χ1) is 16.1. The molecule has 0 fully saturated rings. The van der Waals surface area contributed by atoms with E-state index in [0.717, 1.165) is 16.2 Å². The highest BCUT2D eigenvalue weighted by molar-refractivity contribution is 7.11. The third-order valence-corrected chi connectivity index (χ3v) is 6.16. The number of hydrogen-bond acceptors (Lipinski definition) is 7. The van der Waals surface area contributed by atoms with E-state index < -0.39 is 5.63 Å². The number of nitriles is 1. The molecule has 0 saturated heterocycles. The predicted molar refractivity (Wildman–Crippen MR) is 129 cm³/mol. The van der Waals surface area contributed by atoms with Crippen molar-refractivity contribution in [2.24, 2.45) is 0 Å². The summed E-state index contributed by atoms with van der Waals surface area (Å²) in [5, 5.41) is 24.7. The van der Waals surface area contributed by atoms with Gasteiger partial charge < -0.3 is 14.3 Å². The molecule has 0 bridgehead atoms. The zero-order chi connectivity index (χ0) is 22.9. The number of nitrogens with zero attached hydrogens (tertiary/aromatic N) is 2. The molecule has 7 heteroatoms. The van der Waals surface area contributed by atoms with Crippen molar-refractivity contribution in [1.82, 2.24) is 4.98 Å². The van der Waals surface area contributed by atoms with Crippen LogP contribution in [0.15, 0.2) is 75.3 Å². The SMILES string of the molecule is COc1ccc(/C=C(\C#N)c2nc(-c3cc4c(ccc5ccccc54)oc3=O)cs2)cc1O. The van der Waals surface area contributed by atoms with Gasteiger partial charge in [-0.1, -0.05) is 36.4 Å². The summed E-state index contributed by atoms with van der Waals surface area (Å²) in [4.78, 5) is 17.2. The summed E-state index contributed by atoms with van der Waals surface area (Å²) in [5.41, 5.74) is 1.73. The first-order valence-electron chi connectivity index (χ1n) is 9.98. The molecule has 2 aromatic heterocycles. The normalized spacial score (nSPS) is 11.6. The largest absolute Gasteiger partial charge is 0.504 e. The van der Waals surface area contributed by atoms with Gasteiger partial charge in [-0.15, -0.1) is 11.3 Å². The Morgan fingerprint density at radius 1 is 1.15 bits per heavy atom. The van der Waals surface area contributed by atoms with Crippen molar-refractivity contribution in [2.75, 3.05) is 7.11 Å². The molecule has 3 aromatic carbocycles. The maximum Gasteiger partial charge on any atom is 0.345 e. The molecule has 5 rings (SSSR count). The number of thiazole rings is 1. The Bertz CT molecular complexity index is 1660. The van der Waals surface area contributed by atoms with Crippen LogP contribution in [0.5, 0.6) is 11.5 Å². The van der Waals surface area contributed by atoms with Gasteiger partial charge in [0, 0.05) is 10.8 Å². The summed E-state index contributed by atoms with van der Waals surface area (Å²) in [7, 11) is 1.47. The van der Waals surface area contributed by atoms with Gasteiger partial charge >= 0.3 is 5.63 Å². The Hall–Kier alpha value is -4.41. The molecule has 6 nitrogen and oxygen atoms in total. The molecule has 1 N–H and O–H groups in total. The van der Waals surface area contributed by atoms with Crippen molar-refractivity contribution in [1.29, 1.82) is 5.26 Å². The van der Waals surface area contributed by atoms with Crippen LogP contribution in [-0.4, -0.2) is 17.2 Å². The quantitative estimate of drug-likeness (QED) is 0.209. The molecule has 0 radical (unpaired) electrons. The number of fused-ring (bicyclic) bond motifs is 3. The minimum atomic E-state index is -0.489. The predicted octanol–water partition coefficient (Wildman–Crippen LogP) is 5.85. The fourth-order valence-corrected chi connectivity index (χ4v) is 4.46. The zero-order valence-electron chi connectivity index (χ0n) is 17.4. The Labute approximate surface area is 192 Å². The third-order valence-electron chi connectivity index (χ3n) is 5.29. The van der Waals surface area contributed by atoms with Crippen molar-refractivity contribution < 1.29 is 14.3 Å². The summed E-state index contributed by atoms with van der Waals surface area (Å²) >= 11 is 1.26. The lowest BCUT2D eigenvalue weighted by Gasteiger charge is -2.04. The van der Waals surface area contributed by atoms with Crippen LogP contribution in [-0.2, 0) is 0 Å². The van der Waals surface area contributed by atoms with E-state index in [4.69, 9.17) is 9.15 Å². The van der Waals surface area contributed by atoms with E-state index in [1.165, 1.54) is 24.5 Å². The summed E-state index contributed by atoms with van der Waals surface area (Å²) in [6, 6.07) is 20.4. The highest BCUT2D eigenvalue weighted by Gasteiger charge is 2.15. The molecule has 0 aliphatic rings. The van der Waals surface area contributed by atoms with Crippen molar-refractivity contribution in [2.45, 2.75) is 0 Å². The standard InChI is InChI=1S/C26H16N2O4S/c1-31-24-8-6-15(11-22(24)29)10-17(13-27)25-28-21(14-33-25)20-12-19-18-5-3-2-4-16(18)7-9-23(19)32-26(20)30/h2-12,14,29H,1H3/b17-10+. The summed E-state index contributed by atoms with van der Waals surface area (Å²) < 4.78 is 10.6. The molecule has 0 unspecified atom stereocenters. The number of phenolic OH excluding ortho intramolecular Hbond substituents is 1. The maximum atomic E-state index is 12.7. The first kappa shape index (κ1) is 20.5. The Kier molecular flexibility index (Phi) is 5.13. The molecule has 0 saturated carbocycles. The molecule has 2 heterocycles. The number of ether oxygens (including phenoxy) is 1. The van der Waals surface area contributed by atoms with Gasteiger partial charge in [-0.3, -0.25) is 0 Å². The Balaban J connectivity index is 1.58. The topological polar surface area (TPSA) is 96.4 Å². The summed E-state index contributed by atoms with van der Waals surface area (Å²) in [6.45, 7) is 0. The summed E-state index contributed by atoms with van der Waals surface area (Å²) in [6.07, 6.45) is 1.62. The van der Waals surface area contributed by atoms with Crippen LogP contribution in [0.3, 0.4) is 0 Å². The number of hydrogen-bond donors (Lipinski definition) is 1. The van der Waals surface area contributed by atoms with E-state index in [2.05, 4.69) is 11.1 Å². The van der Waals surface area contributed by atoms with Crippen molar-refractivity contribution in [3.05, 3.63) is 87.0 Å². The lowest BCUT2D eigenvalue weighted by atomic mass is 10.0. The van der Waals surface area contributed by atoms with Gasteiger partial charge in [-0.05, 0) is 46.7 Å². The van der Waals surface area contributed by atoms with Crippen LogP contribution in [0.1, 0.15) is 10.6 Å². The molecule has 0 spiro atoms. The maximum absolute atomic E-state index is 12.7. The number of allylic oxidation sites excluding steroid dienone is 1. The van der Waals surface area contributed by atoms with E-state index >= 15 is 0 Å². The van der Waals surface area contributed by atoms with Crippen LogP contribution in [0, 0.1) is 11.3 Å². The molecule has 0 amide bonds. The minimum Gasteiger partial charge on any atom is -0.504 e. The molecule has 0 aliphatic heterocycles. The van der Waals surface area contributed by atoms with E-state index in [0.29, 0.717) is 38.7 Å². The highest BCUT2D eigenvalue weighted by Crippen LogP contribution is 2.32. The second kappa shape index (κ2) is 8.26. The minimum absolute atomic E-state index is 0.0237.